The Kier molecular flexibility index (Phi) is 6.04. The predicted molar refractivity (Wildman–Crippen MR) is 147 cm³/mol. The zero-order valence-electron chi connectivity index (χ0n) is 21.4. The number of piperazine rings is 1. The van der Waals surface area contributed by atoms with Gasteiger partial charge >= 0.3 is 0 Å². The third-order valence-electron chi connectivity index (χ3n) is 8.01. The molecule has 2 fully saturated rings. The first kappa shape index (κ1) is 23.2. The number of hydrogen-bond donors (Lipinski definition) is 2. The van der Waals surface area contributed by atoms with E-state index in [1.165, 1.54) is 16.8 Å². The van der Waals surface area contributed by atoms with E-state index in [-0.39, 0.29) is 0 Å². The highest BCUT2D eigenvalue weighted by molar-refractivity contribution is 5.95. The number of pyridine rings is 1. The molecule has 1 atom stereocenters. The Hall–Kier alpha value is -3.19. The number of rotatable bonds is 5. The summed E-state index contributed by atoms with van der Waals surface area (Å²) in [7, 11) is 4.28. The minimum atomic E-state index is -0.399. The van der Waals surface area contributed by atoms with Gasteiger partial charge in [-0.1, -0.05) is 30.3 Å². The summed E-state index contributed by atoms with van der Waals surface area (Å²) in [6, 6.07) is 17.4. The molecule has 0 amide bonds. The second-order valence-corrected chi connectivity index (χ2v) is 10.7. The van der Waals surface area contributed by atoms with E-state index in [1.54, 1.807) is 0 Å². The average Bonchev–Trinajstić information content (AvgIpc) is 3.30. The highest BCUT2D eigenvalue weighted by atomic mass is 16.3. The number of aryl methyl sites for hydroxylation is 1. The highest BCUT2D eigenvalue weighted by Crippen LogP contribution is 2.35. The fourth-order valence-electron chi connectivity index (χ4n) is 5.72. The van der Waals surface area contributed by atoms with E-state index in [4.69, 9.17) is 4.98 Å². The van der Waals surface area contributed by atoms with Gasteiger partial charge in [0.1, 0.15) is 5.65 Å². The van der Waals surface area contributed by atoms with Gasteiger partial charge in [0.2, 0.25) is 0 Å². The number of fused-ring (bicyclic) bond motifs is 1. The van der Waals surface area contributed by atoms with Gasteiger partial charge in [-0.25, -0.2) is 4.98 Å². The number of aromatic nitrogens is 2. The van der Waals surface area contributed by atoms with Crippen molar-refractivity contribution < 1.29 is 5.11 Å². The van der Waals surface area contributed by atoms with Gasteiger partial charge in [-0.3, -0.25) is 0 Å². The van der Waals surface area contributed by atoms with E-state index in [1.807, 2.05) is 12.4 Å². The number of hydrogen-bond acceptors (Lipinski definition) is 5. The molecule has 6 nitrogen and oxygen atoms in total. The van der Waals surface area contributed by atoms with Gasteiger partial charge in [0.25, 0.3) is 0 Å². The molecule has 0 saturated carbocycles. The third-order valence-corrected chi connectivity index (χ3v) is 8.01. The summed E-state index contributed by atoms with van der Waals surface area (Å²) < 4.78 is 0. The van der Waals surface area contributed by atoms with Crippen LogP contribution in [0.2, 0.25) is 0 Å². The number of aromatic amines is 1. The van der Waals surface area contributed by atoms with E-state index < -0.39 is 6.10 Å². The summed E-state index contributed by atoms with van der Waals surface area (Å²) in [5.41, 5.74) is 9.09. The minimum absolute atomic E-state index is 0.326. The number of anilines is 1. The van der Waals surface area contributed by atoms with Gasteiger partial charge < -0.3 is 24.8 Å². The van der Waals surface area contributed by atoms with Crippen LogP contribution >= 0.6 is 0 Å². The maximum Gasteiger partial charge on any atom is 0.137 e. The van der Waals surface area contributed by atoms with E-state index in [2.05, 4.69) is 89.2 Å². The molecule has 186 valence electrons. The second-order valence-electron chi connectivity index (χ2n) is 10.7. The van der Waals surface area contributed by atoms with E-state index >= 15 is 0 Å². The van der Waals surface area contributed by atoms with Crippen molar-refractivity contribution >= 4 is 16.7 Å². The van der Waals surface area contributed by atoms with Crippen molar-refractivity contribution in [3.05, 3.63) is 72.1 Å². The maximum absolute atomic E-state index is 10.7. The summed E-state index contributed by atoms with van der Waals surface area (Å²) in [6.45, 7) is 8.48. The lowest BCUT2D eigenvalue weighted by Gasteiger charge is -2.39. The van der Waals surface area contributed by atoms with Crippen molar-refractivity contribution in [1.29, 1.82) is 0 Å². The zero-order valence-corrected chi connectivity index (χ0v) is 21.4. The van der Waals surface area contributed by atoms with Crippen LogP contribution in [0.25, 0.3) is 33.3 Å². The Bertz CT molecular complexity index is 1360. The topological polar surface area (TPSA) is 58.6 Å². The molecule has 0 spiro atoms. The quantitative estimate of drug-likeness (QED) is 0.438. The van der Waals surface area contributed by atoms with Crippen LogP contribution in [0.1, 0.15) is 17.2 Å². The fraction of sp³-hybridized carbons (Fsp3) is 0.367. The number of H-pyrrole nitrogens is 1. The van der Waals surface area contributed by atoms with Crippen molar-refractivity contribution in [3.8, 4) is 22.3 Å². The zero-order chi connectivity index (χ0) is 24.8. The number of nitrogens with zero attached hydrogens (tertiary/aromatic N) is 4. The van der Waals surface area contributed by atoms with Gasteiger partial charge in [-0.2, -0.15) is 0 Å². The van der Waals surface area contributed by atoms with Crippen LogP contribution in [0.15, 0.2) is 60.9 Å². The standard InChI is InChI=1S/C30H35N5O/c1-20-14-23(8-9-28(20)35-12-10-33(2)11-13-35)24-15-26-27(17-32-30(26)31-16-24)21-4-6-22(7-5-21)29(36)25-18-34(3)19-25/h4-9,14-17,25,29,36H,10-13,18-19H2,1-3H3,(H,31,32)/t29-/m1/s1. The molecule has 0 unspecified atom stereocenters. The third kappa shape index (κ3) is 4.30. The molecule has 2 aromatic carbocycles. The first-order chi connectivity index (χ1) is 17.5. The molecule has 0 bridgehead atoms. The smallest absolute Gasteiger partial charge is 0.137 e. The Morgan fingerprint density at radius 1 is 0.889 bits per heavy atom. The van der Waals surface area contributed by atoms with Crippen molar-refractivity contribution in [3.63, 3.8) is 0 Å². The monoisotopic (exact) mass is 481 g/mol. The van der Waals surface area contributed by atoms with Crippen LogP contribution in [0.5, 0.6) is 0 Å². The lowest BCUT2D eigenvalue weighted by Crippen LogP contribution is -2.46. The molecule has 2 aromatic heterocycles. The molecule has 2 aliphatic rings. The highest BCUT2D eigenvalue weighted by Gasteiger charge is 2.30. The SMILES string of the molecule is Cc1cc(-c2cnc3[nH]cc(-c4ccc([C@@H](O)C5CN(C)C5)cc4)c3c2)ccc1N1CCN(C)CC1. The number of likely N-dealkylation sites (N-methyl/N-ethyl adjacent to an activating group) is 1. The van der Waals surface area contributed by atoms with Crippen molar-refractivity contribution in [2.75, 3.05) is 58.3 Å². The Labute approximate surface area is 213 Å². The lowest BCUT2D eigenvalue weighted by molar-refractivity contribution is 0.00901. The van der Waals surface area contributed by atoms with Crippen LogP contribution in [0.3, 0.4) is 0 Å². The summed E-state index contributed by atoms with van der Waals surface area (Å²) in [6.07, 6.45) is 3.60. The van der Waals surface area contributed by atoms with Gasteiger partial charge in [0.05, 0.1) is 6.10 Å². The van der Waals surface area contributed by atoms with Crippen LogP contribution in [-0.4, -0.2) is 78.2 Å². The molecule has 6 rings (SSSR count). The Morgan fingerprint density at radius 2 is 1.61 bits per heavy atom. The van der Waals surface area contributed by atoms with Crippen LogP contribution in [-0.2, 0) is 0 Å². The van der Waals surface area contributed by atoms with Crippen molar-refractivity contribution in [1.82, 2.24) is 19.8 Å². The van der Waals surface area contributed by atoms with Gasteiger partial charge in [0.15, 0.2) is 0 Å². The fourth-order valence-corrected chi connectivity index (χ4v) is 5.72. The van der Waals surface area contributed by atoms with Crippen molar-refractivity contribution in [2.45, 2.75) is 13.0 Å². The molecule has 0 aliphatic carbocycles. The molecule has 4 aromatic rings. The van der Waals surface area contributed by atoms with Gasteiger partial charge in [0, 0.05) is 79.8 Å². The molecular formula is C30H35N5O. The Morgan fingerprint density at radius 3 is 2.31 bits per heavy atom. The normalized spacial score (nSPS) is 18.5. The molecule has 0 radical (unpaired) electrons. The first-order valence-corrected chi connectivity index (χ1v) is 12.9. The van der Waals surface area contributed by atoms with E-state index in [0.29, 0.717) is 5.92 Å². The number of likely N-dealkylation sites (tertiary alicyclic amines) is 1. The van der Waals surface area contributed by atoms with Crippen LogP contribution < -0.4 is 4.90 Å². The number of aliphatic hydroxyl groups excluding tert-OH is 1. The summed E-state index contributed by atoms with van der Waals surface area (Å²) >= 11 is 0. The average molecular weight is 482 g/mol. The summed E-state index contributed by atoms with van der Waals surface area (Å²) in [4.78, 5) is 15.2. The maximum atomic E-state index is 10.7. The second kappa shape index (κ2) is 9.36. The molecule has 4 heterocycles. The summed E-state index contributed by atoms with van der Waals surface area (Å²) in [5, 5.41) is 11.8. The van der Waals surface area contributed by atoms with E-state index in [9.17, 15) is 5.11 Å². The predicted octanol–water partition coefficient (Wildman–Crippen LogP) is 4.55. The van der Waals surface area contributed by atoms with Gasteiger partial charge in [-0.15, -0.1) is 0 Å². The molecule has 6 heteroatoms. The first-order valence-electron chi connectivity index (χ1n) is 12.9. The molecule has 2 saturated heterocycles. The van der Waals surface area contributed by atoms with Gasteiger partial charge in [-0.05, 0) is 61.5 Å². The molecule has 36 heavy (non-hydrogen) atoms. The van der Waals surface area contributed by atoms with E-state index in [0.717, 1.165) is 72.6 Å². The lowest BCUT2D eigenvalue weighted by atomic mass is 9.89. The van der Waals surface area contributed by atoms with Crippen molar-refractivity contribution in [2.24, 2.45) is 5.92 Å². The minimum Gasteiger partial charge on any atom is -0.388 e. The number of aliphatic hydroxyl groups is 1. The summed E-state index contributed by atoms with van der Waals surface area (Å²) in [5.74, 6) is 0.326. The molecule has 2 aliphatic heterocycles. The van der Waals surface area contributed by atoms with Crippen LogP contribution in [0.4, 0.5) is 5.69 Å². The molecular weight excluding hydrogens is 446 g/mol. The number of benzene rings is 2. The largest absolute Gasteiger partial charge is 0.388 e. The molecule has 2 N–H and O–H groups in total. The number of nitrogens with one attached hydrogen (secondary N) is 1. The van der Waals surface area contributed by atoms with Crippen LogP contribution in [0, 0.1) is 12.8 Å². The Balaban J connectivity index is 1.26.